The zero-order chi connectivity index (χ0) is 11.8. The van der Waals surface area contributed by atoms with E-state index in [0.29, 0.717) is 17.3 Å². The van der Waals surface area contributed by atoms with Crippen LogP contribution in [-0.2, 0) is 10.0 Å². The summed E-state index contributed by atoms with van der Waals surface area (Å²) in [6.45, 7) is 0.978. The molecule has 2 heterocycles. The van der Waals surface area contributed by atoms with Crippen molar-refractivity contribution in [1.29, 1.82) is 0 Å². The van der Waals surface area contributed by atoms with Crippen molar-refractivity contribution in [3.05, 3.63) is 15.9 Å². The Bertz CT molecular complexity index is 472. The smallest absolute Gasteiger partial charge is 0.252 e. The van der Waals surface area contributed by atoms with E-state index in [4.69, 9.17) is 5.73 Å². The lowest BCUT2D eigenvalue weighted by Crippen LogP contribution is -2.39. The highest BCUT2D eigenvalue weighted by atomic mass is 79.9. The molecule has 0 aromatic carbocycles. The number of rotatable bonds is 3. The Balaban J connectivity index is 2.32. The third kappa shape index (κ3) is 2.19. The van der Waals surface area contributed by atoms with Crippen LogP contribution in [0, 0.1) is 0 Å². The maximum absolute atomic E-state index is 12.3. The monoisotopic (exact) mass is 324 g/mol. The molecule has 7 heteroatoms. The van der Waals surface area contributed by atoms with Gasteiger partial charge in [0.25, 0.3) is 10.0 Å². The minimum absolute atomic E-state index is 0.0362. The summed E-state index contributed by atoms with van der Waals surface area (Å²) in [4.78, 5) is 0. The van der Waals surface area contributed by atoms with Crippen molar-refractivity contribution in [2.45, 2.75) is 23.1 Å². The third-order valence-electron chi connectivity index (χ3n) is 2.71. The summed E-state index contributed by atoms with van der Waals surface area (Å²) in [5.74, 6) is 0. The van der Waals surface area contributed by atoms with Crippen LogP contribution in [-0.4, -0.2) is 31.9 Å². The van der Waals surface area contributed by atoms with Gasteiger partial charge >= 0.3 is 0 Å². The minimum atomic E-state index is -3.34. The molecule has 0 aliphatic carbocycles. The number of nitrogens with two attached hydrogens (primary N) is 1. The summed E-state index contributed by atoms with van der Waals surface area (Å²) < 4.78 is 27.3. The molecule has 1 aromatic heterocycles. The maximum Gasteiger partial charge on any atom is 0.252 e. The van der Waals surface area contributed by atoms with Crippen LogP contribution in [0.4, 0.5) is 0 Å². The van der Waals surface area contributed by atoms with E-state index >= 15 is 0 Å². The zero-order valence-electron chi connectivity index (χ0n) is 8.60. The number of nitrogens with zero attached hydrogens (tertiary/aromatic N) is 1. The summed E-state index contributed by atoms with van der Waals surface area (Å²) in [6, 6.07) is 3.35. The molecule has 0 unspecified atom stereocenters. The Kier molecular flexibility index (Phi) is 3.70. The van der Waals surface area contributed by atoms with E-state index in [0.717, 1.165) is 16.6 Å². The quantitative estimate of drug-likeness (QED) is 0.919. The first kappa shape index (κ1) is 12.5. The van der Waals surface area contributed by atoms with Gasteiger partial charge in [-0.3, -0.25) is 0 Å². The van der Waals surface area contributed by atoms with Crippen molar-refractivity contribution in [2.24, 2.45) is 5.73 Å². The lowest BCUT2D eigenvalue weighted by molar-refractivity contribution is 0.394. The number of halogens is 1. The Hall–Kier alpha value is 0.0500. The minimum Gasteiger partial charge on any atom is -0.329 e. The fourth-order valence-electron chi connectivity index (χ4n) is 1.91. The van der Waals surface area contributed by atoms with Crippen molar-refractivity contribution in [2.75, 3.05) is 13.1 Å². The molecule has 16 heavy (non-hydrogen) atoms. The largest absolute Gasteiger partial charge is 0.329 e. The Morgan fingerprint density at radius 2 is 2.31 bits per heavy atom. The number of thiophene rings is 1. The lowest BCUT2D eigenvalue weighted by Gasteiger charge is -2.21. The second-order valence-electron chi connectivity index (χ2n) is 3.71. The molecule has 1 saturated heterocycles. The van der Waals surface area contributed by atoms with Crippen molar-refractivity contribution >= 4 is 37.3 Å². The van der Waals surface area contributed by atoms with Gasteiger partial charge in [-0.25, -0.2) is 8.42 Å². The zero-order valence-corrected chi connectivity index (χ0v) is 11.8. The fraction of sp³-hybridized carbons (Fsp3) is 0.556. The molecule has 0 amide bonds. The van der Waals surface area contributed by atoms with Crippen molar-refractivity contribution in [3.63, 3.8) is 0 Å². The van der Waals surface area contributed by atoms with Crippen LogP contribution in [0.1, 0.15) is 12.8 Å². The highest BCUT2D eigenvalue weighted by Gasteiger charge is 2.35. The van der Waals surface area contributed by atoms with E-state index in [1.54, 1.807) is 12.1 Å². The average molecular weight is 325 g/mol. The Morgan fingerprint density at radius 1 is 1.56 bits per heavy atom. The van der Waals surface area contributed by atoms with E-state index in [1.807, 2.05) is 0 Å². The second-order valence-corrected chi connectivity index (χ2v) is 8.29. The molecule has 2 N–H and O–H groups in total. The van der Waals surface area contributed by atoms with Gasteiger partial charge in [-0.15, -0.1) is 11.3 Å². The van der Waals surface area contributed by atoms with Gasteiger partial charge in [0.15, 0.2) is 0 Å². The summed E-state index contributed by atoms with van der Waals surface area (Å²) in [7, 11) is -3.34. The van der Waals surface area contributed by atoms with Crippen molar-refractivity contribution in [1.82, 2.24) is 4.31 Å². The predicted octanol–water partition coefficient (Wildman–Crippen LogP) is 1.62. The third-order valence-corrected chi connectivity index (χ3v) is 6.75. The number of hydrogen-bond donors (Lipinski definition) is 1. The first-order chi connectivity index (χ1) is 7.55. The van der Waals surface area contributed by atoms with Gasteiger partial charge in [0.05, 0.1) is 3.79 Å². The van der Waals surface area contributed by atoms with Crippen LogP contribution >= 0.6 is 27.3 Å². The standard InChI is InChI=1S/C9H13BrN2O2S2/c10-8-3-4-9(15-8)16(13,14)12-5-1-2-7(12)6-11/h3-4,7H,1-2,5-6,11H2/t7-/m1/s1. The molecule has 1 aliphatic heterocycles. The van der Waals surface area contributed by atoms with E-state index in [9.17, 15) is 8.42 Å². The van der Waals surface area contributed by atoms with Crippen molar-refractivity contribution in [3.8, 4) is 0 Å². The molecule has 1 atom stereocenters. The van der Waals surface area contributed by atoms with Crippen LogP contribution < -0.4 is 5.73 Å². The van der Waals surface area contributed by atoms with Crippen LogP contribution in [0.25, 0.3) is 0 Å². The summed E-state index contributed by atoms with van der Waals surface area (Å²) in [5.41, 5.74) is 5.59. The maximum atomic E-state index is 12.3. The molecule has 4 nitrogen and oxygen atoms in total. The van der Waals surface area contributed by atoms with Crippen LogP contribution in [0.15, 0.2) is 20.1 Å². The lowest BCUT2D eigenvalue weighted by atomic mass is 10.2. The average Bonchev–Trinajstić information content (AvgIpc) is 2.85. The molecule has 1 fully saturated rings. The van der Waals surface area contributed by atoms with E-state index in [2.05, 4.69) is 15.9 Å². The predicted molar refractivity (Wildman–Crippen MR) is 68.0 cm³/mol. The summed E-state index contributed by atoms with van der Waals surface area (Å²) in [6.07, 6.45) is 1.76. The summed E-state index contributed by atoms with van der Waals surface area (Å²) in [5, 5.41) is 0. The molecular formula is C9H13BrN2O2S2. The van der Waals surface area contributed by atoms with E-state index in [1.165, 1.54) is 15.6 Å². The van der Waals surface area contributed by atoms with Crippen LogP contribution in [0.2, 0.25) is 0 Å². The molecule has 1 aromatic rings. The number of hydrogen-bond acceptors (Lipinski definition) is 4. The highest BCUT2D eigenvalue weighted by molar-refractivity contribution is 9.11. The van der Waals surface area contributed by atoms with Gasteiger partial charge < -0.3 is 5.73 Å². The normalized spacial score (nSPS) is 22.8. The summed E-state index contributed by atoms with van der Waals surface area (Å²) >= 11 is 4.52. The Morgan fingerprint density at radius 3 is 2.88 bits per heavy atom. The van der Waals surface area contributed by atoms with Gasteiger partial charge in [-0.2, -0.15) is 4.31 Å². The molecule has 0 bridgehead atoms. The van der Waals surface area contributed by atoms with Gasteiger partial charge in [0.2, 0.25) is 0 Å². The number of sulfonamides is 1. The highest BCUT2D eigenvalue weighted by Crippen LogP contribution is 2.31. The van der Waals surface area contributed by atoms with Gasteiger partial charge in [-0.05, 0) is 40.9 Å². The van der Waals surface area contributed by atoms with Crippen molar-refractivity contribution < 1.29 is 8.42 Å². The molecule has 0 saturated carbocycles. The van der Waals surface area contributed by atoms with Gasteiger partial charge in [0, 0.05) is 19.1 Å². The Labute approximate surface area is 108 Å². The molecular weight excluding hydrogens is 312 g/mol. The SMILES string of the molecule is NC[C@H]1CCCN1S(=O)(=O)c1ccc(Br)s1. The first-order valence-corrected chi connectivity index (χ1v) is 8.08. The van der Waals surface area contributed by atoms with Gasteiger partial charge in [0.1, 0.15) is 4.21 Å². The van der Waals surface area contributed by atoms with Crippen LogP contribution in [0.3, 0.4) is 0 Å². The fourth-order valence-corrected chi connectivity index (χ4v) is 5.76. The van der Waals surface area contributed by atoms with E-state index in [-0.39, 0.29) is 6.04 Å². The molecule has 0 radical (unpaired) electrons. The second kappa shape index (κ2) is 4.73. The van der Waals surface area contributed by atoms with Gasteiger partial charge in [-0.1, -0.05) is 0 Å². The molecule has 0 spiro atoms. The van der Waals surface area contributed by atoms with E-state index < -0.39 is 10.0 Å². The van der Waals surface area contributed by atoms with Crippen LogP contribution in [0.5, 0.6) is 0 Å². The molecule has 2 rings (SSSR count). The topological polar surface area (TPSA) is 63.4 Å². The molecule has 1 aliphatic rings. The first-order valence-electron chi connectivity index (χ1n) is 5.03. The molecule has 90 valence electrons.